The summed E-state index contributed by atoms with van der Waals surface area (Å²) in [6.45, 7) is 0.249. The van der Waals surface area contributed by atoms with Gasteiger partial charge >= 0.3 is 5.69 Å². The second kappa shape index (κ2) is 3.72. The van der Waals surface area contributed by atoms with E-state index in [9.17, 15) is 4.79 Å². The maximum absolute atomic E-state index is 11.8. The quantitative estimate of drug-likeness (QED) is 0.830. The fourth-order valence-corrected chi connectivity index (χ4v) is 1.86. The summed E-state index contributed by atoms with van der Waals surface area (Å²) in [7, 11) is 1.69. The highest BCUT2D eigenvalue weighted by molar-refractivity contribution is 6.31. The molecule has 4 nitrogen and oxygen atoms in total. The Bertz CT molecular complexity index is 556. The first-order valence-corrected chi connectivity index (χ1v) is 4.98. The zero-order chi connectivity index (χ0) is 11.0. The van der Waals surface area contributed by atoms with Crippen molar-refractivity contribution in [3.63, 3.8) is 0 Å². The van der Waals surface area contributed by atoms with Crippen molar-refractivity contribution in [3.05, 3.63) is 33.7 Å². The molecule has 5 heteroatoms. The molecule has 0 unspecified atom stereocenters. The highest BCUT2D eigenvalue weighted by Gasteiger charge is 2.09. The topological polar surface area (TPSA) is 47.2 Å². The van der Waals surface area contributed by atoms with E-state index < -0.39 is 0 Å². The predicted octanol–water partition coefficient (Wildman–Crippen LogP) is 0.986. The molecule has 0 aliphatic rings. The van der Waals surface area contributed by atoms with Crippen molar-refractivity contribution in [1.82, 2.24) is 9.13 Å². The van der Waals surface area contributed by atoms with Gasteiger partial charge in [-0.05, 0) is 18.2 Å². The molecule has 2 rings (SSSR count). The van der Waals surface area contributed by atoms with Gasteiger partial charge in [0.25, 0.3) is 0 Å². The van der Waals surface area contributed by atoms with Crippen LogP contribution in [-0.4, -0.2) is 20.8 Å². The Morgan fingerprint density at radius 2 is 2.13 bits per heavy atom. The minimum Gasteiger partial charge on any atom is -0.395 e. The Hall–Kier alpha value is -1.26. The minimum absolute atomic E-state index is 0.0539. The maximum Gasteiger partial charge on any atom is 0.328 e. The molecule has 0 aliphatic carbocycles. The molecule has 0 aliphatic heterocycles. The number of aryl methyl sites for hydroxylation is 1. The molecule has 0 bridgehead atoms. The second-order valence-electron chi connectivity index (χ2n) is 3.35. The number of benzene rings is 1. The van der Waals surface area contributed by atoms with E-state index in [-0.39, 0.29) is 12.3 Å². The van der Waals surface area contributed by atoms with Crippen molar-refractivity contribution in [2.45, 2.75) is 6.54 Å². The van der Waals surface area contributed by atoms with Crippen molar-refractivity contribution in [2.75, 3.05) is 6.61 Å². The van der Waals surface area contributed by atoms with Gasteiger partial charge in [-0.2, -0.15) is 0 Å². The molecule has 15 heavy (non-hydrogen) atoms. The summed E-state index contributed by atoms with van der Waals surface area (Å²) in [5, 5.41) is 9.47. The van der Waals surface area contributed by atoms with Crippen molar-refractivity contribution in [3.8, 4) is 0 Å². The number of imidazole rings is 1. The molecule has 0 atom stereocenters. The second-order valence-corrected chi connectivity index (χ2v) is 3.79. The van der Waals surface area contributed by atoms with Gasteiger partial charge in [0.2, 0.25) is 0 Å². The summed E-state index contributed by atoms with van der Waals surface area (Å²) in [6, 6.07) is 5.26. The van der Waals surface area contributed by atoms with Crippen LogP contribution in [0.1, 0.15) is 0 Å². The van der Waals surface area contributed by atoms with Gasteiger partial charge in [0.05, 0.1) is 24.2 Å². The van der Waals surface area contributed by atoms with Crippen LogP contribution in [0.2, 0.25) is 5.02 Å². The van der Waals surface area contributed by atoms with E-state index in [0.29, 0.717) is 11.6 Å². The molecule has 2 aromatic rings. The molecule has 1 heterocycles. The number of aliphatic hydroxyl groups excluding tert-OH is 1. The third kappa shape index (κ3) is 1.56. The largest absolute Gasteiger partial charge is 0.395 e. The molecule has 0 saturated heterocycles. The van der Waals surface area contributed by atoms with Gasteiger partial charge in [0, 0.05) is 12.1 Å². The summed E-state index contributed by atoms with van der Waals surface area (Å²) in [6.07, 6.45) is 0. The van der Waals surface area contributed by atoms with Crippen LogP contribution in [0.25, 0.3) is 11.0 Å². The van der Waals surface area contributed by atoms with Crippen molar-refractivity contribution < 1.29 is 5.11 Å². The Labute approximate surface area is 91.3 Å². The average Bonchev–Trinajstić information content (AvgIpc) is 2.44. The molecule has 80 valence electrons. The predicted molar refractivity (Wildman–Crippen MR) is 59.3 cm³/mol. The van der Waals surface area contributed by atoms with Crippen LogP contribution in [0, 0.1) is 0 Å². The Balaban J connectivity index is 2.81. The summed E-state index contributed by atoms with van der Waals surface area (Å²) in [4.78, 5) is 11.8. The fraction of sp³-hybridized carbons (Fsp3) is 0.300. The normalized spacial score (nSPS) is 11.1. The van der Waals surface area contributed by atoms with Crippen LogP contribution in [0.5, 0.6) is 0 Å². The van der Waals surface area contributed by atoms with Crippen LogP contribution >= 0.6 is 11.6 Å². The smallest absolute Gasteiger partial charge is 0.328 e. The highest BCUT2D eigenvalue weighted by atomic mass is 35.5. The summed E-state index contributed by atoms with van der Waals surface area (Å²) in [5.41, 5.74) is 1.43. The van der Waals surface area contributed by atoms with Gasteiger partial charge in [-0.25, -0.2) is 4.79 Å². The minimum atomic E-state index is -0.138. The van der Waals surface area contributed by atoms with Gasteiger partial charge in [-0.3, -0.25) is 9.13 Å². The number of aliphatic hydroxyl groups is 1. The van der Waals surface area contributed by atoms with Crippen LogP contribution in [-0.2, 0) is 13.6 Å². The lowest BCUT2D eigenvalue weighted by atomic mass is 10.3. The Morgan fingerprint density at radius 3 is 2.80 bits per heavy atom. The molecular weight excluding hydrogens is 216 g/mol. The van der Waals surface area contributed by atoms with E-state index in [0.717, 1.165) is 11.0 Å². The molecule has 0 fully saturated rings. The van der Waals surface area contributed by atoms with E-state index >= 15 is 0 Å². The molecule has 0 amide bonds. The Kier molecular flexibility index (Phi) is 2.54. The third-order valence-corrected chi connectivity index (χ3v) is 2.67. The third-order valence-electron chi connectivity index (χ3n) is 2.43. The lowest BCUT2D eigenvalue weighted by Crippen LogP contribution is -2.23. The van der Waals surface area contributed by atoms with E-state index in [2.05, 4.69) is 0 Å². The highest BCUT2D eigenvalue weighted by Crippen LogP contribution is 2.17. The number of fused-ring (bicyclic) bond motifs is 1. The first-order valence-electron chi connectivity index (χ1n) is 4.61. The molecule has 0 saturated carbocycles. The molecular formula is C10H11ClN2O2. The van der Waals surface area contributed by atoms with Crippen LogP contribution < -0.4 is 5.69 Å². The van der Waals surface area contributed by atoms with E-state index in [1.54, 1.807) is 25.2 Å². The number of nitrogens with zero attached hydrogens (tertiary/aromatic N) is 2. The number of rotatable bonds is 2. The van der Waals surface area contributed by atoms with Gasteiger partial charge in [0.1, 0.15) is 0 Å². The van der Waals surface area contributed by atoms with Crippen LogP contribution in [0.3, 0.4) is 0 Å². The van der Waals surface area contributed by atoms with Crippen LogP contribution in [0.4, 0.5) is 0 Å². The number of aromatic nitrogens is 2. The number of hydrogen-bond acceptors (Lipinski definition) is 2. The summed E-state index contributed by atoms with van der Waals surface area (Å²) in [5.74, 6) is 0. The standard InChI is InChI=1S/C10H11ClN2O2/c1-12-9-6-7(11)2-3-8(9)13(4-5-14)10(12)15/h2-3,6,14H,4-5H2,1H3. The van der Waals surface area contributed by atoms with Gasteiger partial charge in [0.15, 0.2) is 0 Å². The summed E-state index contributed by atoms with van der Waals surface area (Å²) < 4.78 is 3.06. The monoisotopic (exact) mass is 226 g/mol. The first-order chi connectivity index (χ1) is 7.15. The SMILES string of the molecule is Cn1c(=O)n(CCO)c2ccc(Cl)cc21. The van der Waals surface area contributed by atoms with E-state index in [1.807, 2.05) is 0 Å². The molecule has 1 aromatic heterocycles. The van der Waals surface area contributed by atoms with E-state index in [4.69, 9.17) is 16.7 Å². The lowest BCUT2D eigenvalue weighted by Gasteiger charge is -1.98. The Morgan fingerprint density at radius 1 is 1.40 bits per heavy atom. The van der Waals surface area contributed by atoms with Gasteiger partial charge in [-0.15, -0.1) is 0 Å². The van der Waals surface area contributed by atoms with Crippen molar-refractivity contribution in [2.24, 2.45) is 7.05 Å². The molecule has 1 N–H and O–H groups in total. The van der Waals surface area contributed by atoms with Crippen LogP contribution in [0.15, 0.2) is 23.0 Å². The van der Waals surface area contributed by atoms with Crippen molar-refractivity contribution in [1.29, 1.82) is 0 Å². The van der Waals surface area contributed by atoms with Crippen molar-refractivity contribution >= 4 is 22.6 Å². The maximum atomic E-state index is 11.8. The number of hydrogen-bond donors (Lipinski definition) is 1. The van der Waals surface area contributed by atoms with Gasteiger partial charge in [-0.1, -0.05) is 11.6 Å². The zero-order valence-electron chi connectivity index (χ0n) is 8.27. The average molecular weight is 227 g/mol. The zero-order valence-corrected chi connectivity index (χ0v) is 9.03. The molecule has 0 radical (unpaired) electrons. The van der Waals surface area contributed by atoms with Gasteiger partial charge < -0.3 is 5.11 Å². The molecule has 1 aromatic carbocycles. The first kappa shape index (κ1) is 10.3. The fourth-order valence-electron chi connectivity index (χ4n) is 1.70. The molecule has 0 spiro atoms. The lowest BCUT2D eigenvalue weighted by molar-refractivity contribution is 0.275. The summed E-state index contributed by atoms with van der Waals surface area (Å²) >= 11 is 5.86. The van der Waals surface area contributed by atoms with E-state index in [1.165, 1.54) is 9.13 Å². The number of halogens is 1.